The molecule has 0 radical (unpaired) electrons. The topological polar surface area (TPSA) is 57.2 Å². The van der Waals surface area contributed by atoms with E-state index in [1.165, 1.54) is 0 Å². The summed E-state index contributed by atoms with van der Waals surface area (Å²) in [6, 6.07) is 11.5. The van der Waals surface area contributed by atoms with Crippen molar-refractivity contribution in [3.05, 3.63) is 52.3 Å². The van der Waals surface area contributed by atoms with Crippen LogP contribution in [0.5, 0.6) is 5.75 Å². The van der Waals surface area contributed by atoms with Crippen LogP contribution < -0.4 is 16.0 Å². The number of para-hydroxylation sites is 1. The Morgan fingerprint density at radius 3 is 2.52 bits per heavy atom. The highest BCUT2D eigenvalue weighted by molar-refractivity contribution is 5.67. The van der Waals surface area contributed by atoms with Gasteiger partial charge in [0.15, 0.2) is 0 Å². The van der Waals surface area contributed by atoms with E-state index in [0.717, 1.165) is 17.0 Å². The van der Waals surface area contributed by atoms with E-state index in [0.29, 0.717) is 12.1 Å². The Morgan fingerprint density at radius 2 is 1.90 bits per heavy atom. The van der Waals surface area contributed by atoms with Gasteiger partial charge in [-0.2, -0.15) is 0 Å². The molecule has 112 valence electrons. The average molecular weight is 286 g/mol. The standard InChI is InChI=1S/C17H22N2O2/c1-4-19-15(10-9-13(11-18)17(19)20)14-7-5-6-8-16(14)21-12(2)3/h5-10,12H,4,11,18H2,1-3H3. The molecule has 0 fully saturated rings. The Kier molecular flexibility index (Phi) is 4.81. The number of pyridine rings is 1. The van der Waals surface area contributed by atoms with Crippen molar-refractivity contribution in [3.63, 3.8) is 0 Å². The first kappa shape index (κ1) is 15.3. The molecule has 2 rings (SSSR count). The van der Waals surface area contributed by atoms with Gasteiger partial charge >= 0.3 is 0 Å². The second-order valence-corrected chi connectivity index (χ2v) is 5.16. The molecule has 1 aromatic heterocycles. The Morgan fingerprint density at radius 1 is 1.19 bits per heavy atom. The maximum Gasteiger partial charge on any atom is 0.255 e. The lowest BCUT2D eigenvalue weighted by Gasteiger charge is -2.17. The van der Waals surface area contributed by atoms with Crippen LogP contribution in [0.3, 0.4) is 0 Å². The highest BCUT2D eigenvalue weighted by atomic mass is 16.5. The van der Waals surface area contributed by atoms with Gasteiger partial charge in [0.1, 0.15) is 5.75 Å². The molecule has 0 aliphatic heterocycles. The molecule has 1 aromatic carbocycles. The van der Waals surface area contributed by atoms with Crippen molar-refractivity contribution in [1.29, 1.82) is 0 Å². The Hall–Kier alpha value is -2.07. The molecule has 0 amide bonds. The summed E-state index contributed by atoms with van der Waals surface area (Å²) in [4.78, 5) is 12.4. The number of hydrogen-bond acceptors (Lipinski definition) is 3. The van der Waals surface area contributed by atoms with Gasteiger partial charge in [0.05, 0.1) is 11.8 Å². The zero-order valence-electron chi connectivity index (χ0n) is 12.8. The van der Waals surface area contributed by atoms with Gasteiger partial charge in [-0.15, -0.1) is 0 Å². The normalized spacial score (nSPS) is 10.9. The van der Waals surface area contributed by atoms with Crippen molar-refractivity contribution < 1.29 is 4.74 Å². The maximum absolute atomic E-state index is 12.4. The van der Waals surface area contributed by atoms with Crippen molar-refractivity contribution in [2.75, 3.05) is 0 Å². The number of nitrogens with two attached hydrogens (primary N) is 1. The average Bonchev–Trinajstić information content (AvgIpc) is 2.47. The summed E-state index contributed by atoms with van der Waals surface area (Å²) in [5.74, 6) is 0.787. The van der Waals surface area contributed by atoms with Crippen molar-refractivity contribution in [2.45, 2.75) is 40.0 Å². The molecule has 0 spiro atoms. The third-order valence-corrected chi connectivity index (χ3v) is 3.31. The molecular weight excluding hydrogens is 264 g/mol. The monoisotopic (exact) mass is 286 g/mol. The van der Waals surface area contributed by atoms with Gasteiger partial charge in [0, 0.05) is 24.2 Å². The summed E-state index contributed by atoms with van der Waals surface area (Å²) >= 11 is 0. The number of nitrogens with zero attached hydrogens (tertiary/aromatic N) is 1. The highest BCUT2D eigenvalue weighted by Gasteiger charge is 2.13. The lowest BCUT2D eigenvalue weighted by atomic mass is 10.1. The second kappa shape index (κ2) is 6.59. The minimum atomic E-state index is -0.0307. The molecule has 4 nitrogen and oxygen atoms in total. The van der Waals surface area contributed by atoms with Crippen molar-refractivity contribution in [2.24, 2.45) is 5.73 Å². The number of aromatic nitrogens is 1. The molecule has 1 heterocycles. The first-order valence-corrected chi connectivity index (χ1v) is 7.27. The molecule has 0 atom stereocenters. The molecule has 0 aliphatic carbocycles. The van der Waals surface area contributed by atoms with E-state index in [1.54, 1.807) is 10.6 Å². The van der Waals surface area contributed by atoms with Gasteiger partial charge < -0.3 is 15.0 Å². The molecule has 0 bridgehead atoms. The van der Waals surface area contributed by atoms with Gasteiger partial charge in [-0.05, 0) is 39.0 Å². The SMILES string of the molecule is CCn1c(-c2ccccc2OC(C)C)ccc(CN)c1=O. The van der Waals surface area contributed by atoms with Gasteiger partial charge in [0.2, 0.25) is 0 Å². The zero-order chi connectivity index (χ0) is 15.4. The smallest absolute Gasteiger partial charge is 0.255 e. The minimum absolute atomic E-state index is 0.0307. The Labute approximate surface area is 125 Å². The van der Waals surface area contributed by atoms with Crippen LogP contribution in [0.15, 0.2) is 41.2 Å². The van der Waals surface area contributed by atoms with Gasteiger partial charge in [-0.3, -0.25) is 4.79 Å². The summed E-state index contributed by atoms with van der Waals surface area (Å²) in [5, 5.41) is 0. The van der Waals surface area contributed by atoms with Gasteiger partial charge in [-0.1, -0.05) is 18.2 Å². The van der Waals surface area contributed by atoms with Crippen molar-refractivity contribution in [3.8, 4) is 17.0 Å². The van der Waals surface area contributed by atoms with E-state index < -0.39 is 0 Å². The number of hydrogen-bond donors (Lipinski definition) is 1. The predicted octanol–water partition coefficient (Wildman–Crippen LogP) is 2.78. The fraction of sp³-hybridized carbons (Fsp3) is 0.353. The highest BCUT2D eigenvalue weighted by Crippen LogP contribution is 2.30. The van der Waals surface area contributed by atoms with Gasteiger partial charge in [0.25, 0.3) is 5.56 Å². The van der Waals surface area contributed by atoms with Crippen LogP contribution in [0.2, 0.25) is 0 Å². The summed E-state index contributed by atoms with van der Waals surface area (Å²) in [5.41, 5.74) is 8.00. The first-order valence-electron chi connectivity index (χ1n) is 7.27. The zero-order valence-corrected chi connectivity index (χ0v) is 12.8. The second-order valence-electron chi connectivity index (χ2n) is 5.16. The third kappa shape index (κ3) is 3.16. The van der Waals surface area contributed by atoms with E-state index >= 15 is 0 Å². The third-order valence-electron chi connectivity index (χ3n) is 3.31. The Balaban J connectivity index is 2.62. The van der Waals surface area contributed by atoms with Crippen LogP contribution in [0.1, 0.15) is 26.3 Å². The fourth-order valence-corrected chi connectivity index (χ4v) is 2.36. The Bertz CT molecular complexity index is 675. The fourth-order valence-electron chi connectivity index (χ4n) is 2.36. The van der Waals surface area contributed by atoms with Crippen LogP contribution in [-0.4, -0.2) is 10.7 Å². The lowest BCUT2D eigenvalue weighted by Crippen LogP contribution is -2.26. The van der Waals surface area contributed by atoms with Crippen molar-refractivity contribution >= 4 is 0 Å². The van der Waals surface area contributed by atoms with E-state index in [2.05, 4.69) is 0 Å². The maximum atomic E-state index is 12.4. The molecule has 0 aliphatic rings. The summed E-state index contributed by atoms with van der Waals surface area (Å²) in [6.45, 7) is 6.78. The van der Waals surface area contributed by atoms with Crippen LogP contribution in [0.25, 0.3) is 11.3 Å². The van der Waals surface area contributed by atoms with Crippen LogP contribution in [-0.2, 0) is 13.1 Å². The van der Waals surface area contributed by atoms with Gasteiger partial charge in [-0.25, -0.2) is 0 Å². The molecular formula is C17H22N2O2. The first-order chi connectivity index (χ1) is 10.1. The summed E-state index contributed by atoms with van der Waals surface area (Å²) in [6.07, 6.45) is 0.0799. The molecule has 0 unspecified atom stereocenters. The van der Waals surface area contributed by atoms with Crippen LogP contribution >= 0.6 is 0 Å². The minimum Gasteiger partial charge on any atom is -0.490 e. The molecule has 2 N–H and O–H groups in total. The molecule has 2 aromatic rings. The largest absolute Gasteiger partial charge is 0.490 e. The molecule has 21 heavy (non-hydrogen) atoms. The molecule has 0 saturated heterocycles. The van der Waals surface area contributed by atoms with E-state index in [9.17, 15) is 4.79 Å². The quantitative estimate of drug-likeness (QED) is 0.919. The number of ether oxygens (including phenoxy) is 1. The molecule has 0 saturated carbocycles. The predicted molar refractivity (Wildman–Crippen MR) is 85.5 cm³/mol. The van der Waals surface area contributed by atoms with Crippen LogP contribution in [0, 0.1) is 0 Å². The lowest BCUT2D eigenvalue weighted by molar-refractivity contribution is 0.243. The van der Waals surface area contributed by atoms with Crippen LogP contribution in [0.4, 0.5) is 0 Å². The van der Waals surface area contributed by atoms with Crippen molar-refractivity contribution in [1.82, 2.24) is 4.57 Å². The number of benzene rings is 1. The van der Waals surface area contributed by atoms with E-state index in [-0.39, 0.29) is 18.2 Å². The summed E-state index contributed by atoms with van der Waals surface area (Å²) in [7, 11) is 0. The summed E-state index contributed by atoms with van der Waals surface area (Å²) < 4.78 is 7.60. The molecule has 4 heteroatoms. The van der Waals surface area contributed by atoms with E-state index in [4.69, 9.17) is 10.5 Å². The number of rotatable bonds is 5. The van der Waals surface area contributed by atoms with E-state index in [1.807, 2.05) is 51.1 Å².